The molecule has 0 unspecified atom stereocenters. The van der Waals surface area contributed by atoms with Gasteiger partial charge in [-0.15, -0.1) is 6.58 Å². The molecule has 2 atom stereocenters. The smallest absolute Gasteiger partial charge is 0.176 e. The summed E-state index contributed by atoms with van der Waals surface area (Å²) in [4.78, 5) is 0. The fourth-order valence-electron chi connectivity index (χ4n) is 2.41. The quantitative estimate of drug-likeness (QED) is 0.636. The van der Waals surface area contributed by atoms with Crippen LogP contribution in [0.3, 0.4) is 0 Å². The van der Waals surface area contributed by atoms with Crippen LogP contribution in [0.1, 0.15) is 27.2 Å². The van der Waals surface area contributed by atoms with Crippen LogP contribution in [-0.4, -0.2) is 12.7 Å². The van der Waals surface area contributed by atoms with Crippen molar-refractivity contribution in [1.82, 2.24) is 0 Å². The van der Waals surface area contributed by atoms with Gasteiger partial charge in [-0.25, -0.2) is 0 Å². The summed E-state index contributed by atoms with van der Waals surface area (Å²) in [5, 5.41) is 18.8. The van der Waals surface area contributed by atoms with Gasteiger partial charge in [0.25, 0.3) is 0 Å². The minimum atomic E-state index is -1.10. The van der Waals surface area contributed by atoms with E-state index in [2.05, 4.69) is 18.7 Å². The maximum atomic E-state index is 9.38. The molecule has 0 bridgehead atoms. The van der Waals surface area contributed by atoms with Crippen molar-refractivity contribution in [3.63, 3.8) is 0 Å². The van der Waals surface area contributed by atoms with Crippen LogP contribution in [0.25, 0.3) is 0 Å². The highest BCUT2D eigenvalue weighted by molar-refractivity contribution is 5.25. The van der Waals surface area contributed by atoms with E-state index in [1.807, 2.05) is 20.8 Å². The topological polar surface area (TPSA) is 56.8 Å². The van der Waals surface area contributed by atoms with Crippen molar-refractivity contribution in [2.45, 2.75) is 33.3 Å². The molecule has 0 aliphatic carbocycles. The van der Waals surface area contributed by atoms with Crippen molar-refractivity contribution < 1.29 is 4.74 Å². The third-order valence-electron chi connectivity index (χ3n) is 3.15. The third-order valence-corrected chi connectivity index (χ3v) is 3.15. The lowest BCUT2D eigenvalue weighted by atomic mass is 9.63. The van der Waals surface area contributed by atoms with Crippen LogP contribution >= 0.6 is 0 Å². The van der Waals surface area contributed by atoms with Gasteiger partial charge in [-0.1, -0.05) is 26.8 Å². The van der Waals surface area contributed by atoms with Crippen LogP contribution < -0.4 is 0 Å². The van der Waals surface area contributed by atoms with Gasteiger partial charge < -0.3 is 4.74 Å². The van der Waals surface area contributed by atoms with Gasteiger partial charge in [0, 0.05) is 12.5 Å². The van der Waals surface area contributed by atoms with E-state index in [4.69, 9.17) is 4.74 Å². The minimum Gasteiger partial charge on any atom is -0.375 e. The molecule has 3 nitrogen and oxygen atoms in total. The second-order valence-electron chi connectivity index (χ2n) is 5.34. The van der Waals surface area contributed by atoms with Gasteiger partial charge in [-0.3, -0.25) is 0 Å². The Bertz CT molecular complexity index is 340. The van der Waals surface area contributed by atoms with E-state index in [-0.39, 0.29) is 17.4 Å². The van der Waals surface area contributed by atoms with Crippen molar-refractivity contribution in [1.29, 1.82) is 10.5 Å². The summed E-state index contributed by atoms with van der Waals surface area (Å²) in [6, 6.07) is 4.33. The zero-order valence-electron chi connectivity index (χ0n) is 10.2. The first-order chi connectivity index (χ1) is 7.42. The number of nitriles is 2. The van der Waals surface area contributed by atoms with E-state index >= 15 is 0 Å². The van der Waals surface area contributed by atoms with Crippen LogP contribution in [0.15, 0.2) is 12.7 Å². The normalized spacial score (nSPS) is 28.8. The predicted octanol–water partition coefficient (Wildman–Crippen LogP) is 2.66. The summed E-state index contributed by atoms with van der Waals surface area (Å²) >= 11 is 0. The molecule has 3 heteroatoms. The molecule has 0 aromatic carbocycles. The van der Waals surface area contributed by atoms with E-state index in [1.54, 1.807) is 6.08 Å². The molecule has 16 heavy (non-hydrogen) atoms. The minimum absolute atomic E-state index is 0.111. The van der Waals surface area contributed by atoms with Crippen molar-refractivity contribution in [3.8, 4) is 12.1 Å². The maximum Gasteiger partial charge on any atom is 0.176 e. The van der Waals surface area contributed by atoms with Gasteiger partial charge in [-0.2, -0.15) is 10.5 Å². The van der Waals surface area contributed by atoms with E-state index < -0.39 is 5.41 Å². The third kappa shape index (κ3) is 1.84. The summed E-state index contributed by atoms with van der Waals surface area (Å²) in [7, 11) is 0. The fraction of sp³-hybridized carbons (Fsp3) is 0.692. The summed E-state index contributed by atoms with van der Waals surface area (Å²) < 4.78 is 5.68. The molecule has 1 fully saturated rings. The standard InChI is InChI=1S/C13H18N2O/c1-5-10-6-7-16-11(12(2,3)4)13(10,8-14)9-15/h5,10-11H,1,6-7H2,2-4H3/t10-,11-/m0/s1. The molecule has 0 aromatic rings. The second-order valence-corrected chi connectivity index (χ2v) is 5.34. The van der Waals surface area contributed by atoms with Crippen molar-refractivity contribution >= 4 is 0 Å². The lowest BCUT2D eigenvalue weighted by Crippen LogP contribution is -2.51. The fourth-order valence-corrected chi connectivity index (χ4v) is 2.41. The van der Waals surface area contributed by atoms with Crippen molar-refractivity contribution in [2.24, 2.45) is 16.7 Å². The van der Waals surface area contributed by atoms with E-state index in [9.17, 15) is 10.5 Å². The highest BCUT2D eigenvalue weighted by atomic mass is 16.5. The summed E-state index contributed by atoms with van der Waals surface area (Å²) in [6.07, 6.45) is 2.04. The molecule has 0 N–H and O–H groups in total. The lowest BCUT2D eigenvalue weighted by Gasteiger charge is -2.45. The van der Waals surface area contributed by atoms with E-state index in [1.165, 1.54) is 0 Å². The Hall–Kier alpha value is -1.32. The zero-order valence-corrected chi connectivity index (χ0v) is 10.2. The van der Waals surface area contributed by atoms with Crippen LogP contribution in [0, 0.1) is 39.4 Å². The first kappa shape index (κ1) is 12.7. The Morgan fingerprint density at radius 1 is 1.38 bits per heavy atom. The van der Waals surface area contributed by atoms with Gasteiger partial charge in [0.15, 0.2) is 5.41 Å². The SMILES string of the molecule is C=C[C@H]1CCO[C@@H](C(C)(C)C)C1(C#N)C#N. The molecule has 86 valence electrons. The molecule has 1 heterocycles. The van der Waals surface area contributed by atoms with Gasteiger partial charge in [-0.05, 0) is 11.8 Å². The van der Waals surface area contributed by atoms with Gasteiger partial charge in [0.1, 0.15) is 0 Å². The molecule has 0 amide bonds. The number of hydrogen-bond acceptors (Lipinski definition) is 3. The Morgan fingerprint density at radius 2 is 1.94 bits per heavy atom. The molecule has 1 aliphatic rings. The molecule has 0 spiro atoms. The van der Waals surface area contributed by atoms with Gasteiger partial charge in [0.05, 0.1) is 18.2 Å². The van der Waals surface area contributed by atoms with Crippen molar-refractivity contribution in [3.05, 3.63) is 12.7 Å². The Labute approximate surface area is 97.3 Å². The average molecular weight is 218 g/mol. The Balaban J connectivity index is 3.23. The lowest BCUT2D eigenvalue weighted by molar-refractivity contribution is -0.110. The molecule has 0 aromatic heterocycles. The number of allylic oxidation sites excluding steroid dienone is 1. The molecule has 1 aliphatic heterocycles. The van der Waals surface area contributed by atoms with Crippen LogP contribution in [0.5, 0.6) is 0 Å². The largest absolute Gasteiger partial charge is 0.375 e. The summed E-state index contributed by atoms with van der Waals surface area (Å²) in [5.41, 5.74) is -1.33. The van der Waals surface area contributed by atoms with E-state index in [0.717, 1.165) is 0 Å². The van der Waals surface area contributed by atoms with E-state index in [0.29, 0.717) is 13.0 Å². The number of hydrogen-bond donors (Lipinski definition) is 0. The van der Waals surface area contributed by atoms with Crippen LogP contribution in [0.4, 0.5) is 0 Å². The molecule has 1 saturated heterocycles. The average Bonchev–Trinajstić information content (AvgIpc) is 2.26. The predicted molar refractivity (Wildman–Crippen MR) is 61.2 cm³/mol. The molecule has 1 rings (SSSR count). The Kier molecular flexibility index (Phi) is 3.41. The number of nitrogens with zero attached hydrogens (tertiary/aromatic N) is 2. The molecular formula is C13H18N2O. The first-order valence-electron chi connectivity index (χ1n) is 5.49. The summed E-state index contributed by atoms with van der Waals surface area (Å²) in [6.45, 7) is 10.3. The Morgan fingerprint density at radius 3 is 2.31 bits per heavy atom. The highest BCUT2D eigenvalue weighted by Crippen LogP contribution is 2.46. The van der Waals surface area contributed by atoms with Crippen LogP contribution in [-0.2, 0) is 4.74 Å². The monoisotopic (exact) mass is 218 g/mol. The first-order valence-corrected chi connectivity index (χ1v) is 5.49. The molecule has 0 radical (unpaired) electrons. The summed E-state index contributed by atoms with van der Waals surface area (Å²) in [5.74, 6) is -0.111. The second kappa shape index (κ2) is 4.28. The molecule has 0 saturated carbocycles. The number of ether oxygens (including phenoxy) is 1. The molecular weight excluding hydrogens is 200 g/mol. The maximum absolute atomic E-state index is 9.38. The zero-order chi connectivity index (χ0) is 12.4. The number of rotatable bonds is 1. The highest BCUT2D eigenvalue weighted by Gasteiger charge is 2.53. The van der Waals surface area contributed by atoms with Crippen molar-refractivity contribution in [2.75, 3.05) is 6.61 Å². The van der Waals surface area contributed by atoms with Crippen LogP contribution in [0.2, 0.25) is 0 Å². The van der Waals surface area contributed by atoms with Gasteiger partial charge >= 0.3 is 0 Å². The van der Waals surface area contributed by atoms with Gasteiger partial charge in [0.2, 0.25) is 0 Å².